The number of carbonyl (C=O) groups is 1. The molecule has 4 aromatic rings. The summed E-state index contributed by atoms with van der Waals surface area (Å²) in [6.45, 7) is 0. The number of fused-ring (bicyclic) bond motifs is 3. The molecule has 0 radical (unpaired) electrons. The third kappa shape index (κ3) is 3.59. The zero-order valence-corrected chi connectivity index (χ0v) is 19.0. The van der Waals surface area contributed by atoms with Crippen LogP contribution in [0, 0.1) is 0 Å². The molecule has 0 bridgehead atoms. The number of halogens is 1. The molecule has 0 aliphatic rings. The summed E-state index contributed by atoms with van der Waals surface area (Å²) < 4.78 is 9.45. The van der Waals surface area contributed by atoms with Crippen LogP contribution in [0.2, 0.25) is 0 Å². The van der Waals surface area contributed by atoms with Gasteiger partial charge in [-0.1, -0.05) is 23.9 Å². The molecule has 0 fully saturated rings. The summed E-state index contributed by atoms with van der Waals surface area (Å²) in [5.74, 6) is 0.640. The lowest BCUT2D eigenvalue weighted by molar-refractivity contribution is -0.113. The molecule has 154 valence electrons. The van der Waals surface area contributed by atoms with Crippen molar-refractivity contribution in [3.63, 3.8) is 0 Å². The minimum atomic E-state index is -0.180. The van der Waals surface area contributed by atoms with E-state index in [0.29, 0.717) is 27.6 Å². The van der Waals surface area contributed by atoms with Crippen molar-refractivity contribution in [3.8, 4) is 5.75 Å². The van der Waals surface area contributed by atoms with Crippen molar-refractivity contribution in [2.24, 2.45) is 14.1 Å². The second kappa shape index (κ2) is 8.16. The second-order valence-corrected chi connectivity index (χ2v) is 8.51. The van der Waals surface area contributed by atoms with Crippen molar-refractivity contribution in [2.75, 3.05) is 18.2 Å². The molecule has 0 aliphatic carbocycles. The summed E-state index contributed by atoms with van der Waals surface area (Å²) in [5.41, 5.74) is 2.54. The molecule has 2 heterocycles. The molecular weight excluding hydrogens is 468 g/mol. The van der Waals surface area contributed by atoms with Gasteiger partial charge in [-0.3, -0.25) is 14.2 Å². The van der Waals surface area contributed by atoms with Gasteiger partial charge in [-0.15, -0.1) is 0 Å². The quantitative estimate of drug-likeness (QED) is 0.341. The fraction of sp³-hybridized carbons (Fsp3) is 0.190. The summed E-state index contributed by atoms with van der Waals surface area (Å²) >= 11 is 4.64. The summed E-state index contributed by atoms with van der Waals surface area (Å²) in [4.78, 5) is 30.2. The van der Waals surface area contributed by atoms with E-state index in [1.165, 1.54) is 16.3 Å². The molecule has 9 heteroatoms. The van der Waals surface area contributed by atoms with Gasteiger partial charge in [0.2, 0.25) is 5.91 Å². The van der Waals surface area contributed by atoms with Crippen LogP contribution < -0.4 is 15.6 Å². The number of rotatable bonds is 5. The maximum atomic E-state index is 13.0. The first kappa shape index (κ1) is 20.5. The predicted octanol–water partition coefficient (Wildman–Crippen LogP) is 3.93. The first-order valence-corrected chi connectivity index (χ1v) is 10.9. The normalized spacial score (nSPS) is 11.2. The number of hydrogen-bond donors (Lipinski definition) is 1. The number of nitrogens with one attached hydrogen (secondary N) is 1. The maximum Gasteiger partial charge on any atom is 0.278 e. The third-order valence-corrected chi connectivity index (χ3v) is 6.58. The Kier molecular flexibility index (Phi) is 5.57. The Morgan fingerprint density at radius 2 is 1.97 bits per heavy atom. The lowest BCUT2D eigenvalue weighted by atomic mass is 10.2. The van der Waals surface area contributed by atoms with Gasteiger partial charge in [0.1, 0.15) is 16.8 Å². The van der Waals surface area contributed by atoms with E-state index >= 15 is 0 Å². The number of ether oxygens (including phenoxy) is 1. The molecule has 0 unspecified atom stereocenters. The summed E-state index contributed by atoms with van der Waals surface area (Å²) in [6, 6.07) is 13.0. The first-order valence-electron chi connectivity index (χ1n) is 9.11. The molecule has 0 saturated carbocycles. The van der Waals surface area contributed by atoms with Crippen molar-refractivity contribution in [2.45, 2.75) is 5.16 Å². The Morgan fingerprint density at radius 3 is 2.70 bits per heavy atom. The van der Waals surface area contributed by atoms with Crippen LogP contribution in [0.25, 0.3) is 21.9 Å². The molecular formula is C21H19BrN4O3S. The number of benzene rings is 2. The van der Waals surface area contributed by atoms with Crippen LogP contribution in [0.4, 0.5) is 5.69 Å². The Morgan fingerprint density at radius 1 is 1.20 bits per heavy atom. The zero-order valence-electron chi connectivity index (χ0n) is 16.6. The number of carbonyl (C=O) groups excluding carboxylic acids is 1. The van der Waals surface area contributed by atoms with Gasteiger partial charge >= 0.3 is 0 Å². The fourth-order valence-electron chi connectivity index (χ4n) is 3.31. The Labute approximate surface area is 185 Å². The fourth-order valence-corrected chi connectivity index (χ4v) is 4.46. The van der Waals surface area contributed by atoms with Crippen LogP contribution in [-0.4, -0.2) is 32.9 Å². The molecule has 7 nitrogen and oxygen atoms in total. The van der Waals surface area contributed by atoms with Crippen LogP contribution in [0.3, 0.4) is 0 Å². The van der Waals surface area contributed by atoms with Gasteiger partial charge < -0.3 is 14.6 Å². The lowest BCUT2D eigenvalue weighted by Gasteiger charge is -2.09. The molecule has 1 N–H and O–H groups in total. The second-order valence-electron chi connectivity index (χ2n) is 6.71. The molecule has 0 saturated heterocycles. The van der Waals surface area contributed by atoms with Gasteiger partial charge in [0.15, 0.2) is 5.16 Å². The highest BCUT2D eigenvalue weighted by Gasteiger charge is 2.18. The minimum Gasteiger partial charge on any atom is -0.497 e. The van der Waals surface area contributed by atoms with Crippen LogP contribution in [-0.2, 0) is 18.9 Å². The molecule has 0 aliphatic heterocycles. The standard InChI is InChI=1S/C21H19BrN4O3S/c1-25-16-9-8-12(29-3)10-13(16)18-19(25)20(28)26(2)21(24-18)30-11-17(27)23-15-7-5-4-6-14(15)22/h4-10H,11H2,1-3H3,(H,23,27). The smallest absolute Gasteiger partial charge is 0.278 e. The van der Waals surface area contributed by atoms with Crippen LogP contribution in [0.5, 0.6) is 5.75 Å². The van der Waals surface area contributed by atoms with E-state index in [0.717, 1.165) is 15.4 Å². The highest BCUT2D eigenvalue weighted by Crippen LogP contribution is 2.30. The molecule has 2 aromatic heterocycles. The van der Waals surface area contributed by atoms with E-state index in [1.807, 2.05) is 54.1 Å². The minimum absolute atomic E-state index is 0.126. The number of anilines is 1. The highest BCUT2D eigenvalue weighted by atomic mass is 79.9. The van der Waals surface area contributed by atoms with Crippen LogP contribution >= 0.6 is 27.7 Å². The number of para-hydroxylation sites is 1. The highest BCUT2D eigenvalue weighted by molar-refractivity contribution is 9.10. The number of thioether (sulfide) groups is 1. The van der Waals surface area contributed by atoms with E-state index in [4.69, 9.17) is 9.72 Å². The van der Waals surface area contributed by atoms with E-state index in [9.17, 15) is 9.59 Å². The number of aryl methyl sites for hydroxylation is 1. The van der Waals surface area contributed by atoms with Gasteiger partial charge in [-0.05, 0) is 46.3 Å². The van der Waals surface area contributed by atoms with Crippen molar-refractivity contribution in [1.29, 1.82) is 0 Å². The van der Waals surface area contributed by atoms with E-state index in [2.05, 4.69) is 21.2 Å². The lowest BCUT2D eigenvalue weighted by Crippen LogP contribution is -2.22. The average Bonchev–Trinajstić information content (AvgIpc) is 3.02. The summed E-state index contributed by atoms with van der Waals surface area (Å²) in [7, 11) is 5.11. The monoisotopic (exact) mass is 486 g/mol. The van der Waals surface area contributed by atoms with Crippen molar-refractivity contribution >= 4 is 61.2 Å². The van der Waals surface area contributed by atoms with E-state index in [-0.39, 0.29) is 17.2 Å². The van der Waals surface area contributed by atoms with Crippen LogP contribution in [0.15, 0.2) is 56.9 Å². The van der Waals surface area contributed by atoms with E-state index in [1.54, 1.807) is 14.2 Å². The Balaban J connectivity index is 1.68. The van der Waals surface area contributed by atoms with Gasteiger partial charge in [0, 0.05) is 24.0 Å². The molecule has 0 atom stereocenters. The number of amides is 1. The molecule has 4 rings (SSSR count). The molecule has 30 heavy (non-hydrogen) atoms. The summed E-state index contributed by atoms with van der Waals surface area (Å²) in [6.07, 6.45) is 0. The number of hydrogen-bond acceptors (Lipinski definition) is 5. The van der Waals surface area contributed by atoms with Crippen molar-refractivity contribution in [1.82, 2.24) is 14.1 Å². The predicted molar refractivity (Wildman–Crippen MR) is 124 cm³/mol. The molecule has 1 amide bonds. The number of methoxy groups -OCH3 is 1. The average molecular weight is 487 g/mol. The largest absolute Gasteiger partial charge is 0.497 e. The van der Waals surface area contributed by atoms with Gasteiger partial charge in [-0.25, -0.2) is 4.98 Å². The van der Waals surface area contributed by atoms with Gasteiger partial charge in [0.05, 0.1) is 24.1 Å². The van der Waals surface area contributed by atoms with Crippen LogP contribution in [0.1, 0.15) is 0 Å². The number of nitrogens with zero attached hydrogens (tertiary/aromatic N) is 3. The van der Waals surface area contributed by atoms with E-state index < -0.39 is 0 Å². The van der Waals surface area contributed by atoms with Gasteiger partial charge in [0.25, 0.3) is 5.56 Å². The Hall–Kier alpha value is -2.78. The zero-order chi connectivity index (χ0) is 21.4. The maximum absolute atomic E-state index is 13.0. The van der Waals surface area contributed by atoms with Crippen molar-refractivity contribution < 1.29 is 9.53 Å². The Bertz CT molecular complexity index is 1350. The van der Waals surface area contributed by atoms with Gasteiger partial charge in [-0.2, -0.15) is 0 Å². The first-order chi connectivity index (χ1) is 14.4. The molecule has 0 spiro atoms. The SMILES string of the molecule is COc1ccc2c(c1)c1nc(SCC(=O)Nc3ccccc3Br)n(C)c(=O)c1n2C. The van der Waals surface area contributed by atoms with Crippen molar-refractivity contribution in [3.05, 3.63) is 57.3 Å². The molecule has 2 aromatic carbocycles. The topological polar surface area (TPSA) is 78.2 Å². The summed E-state index contributed by atoms with van der Waals surface area (Å²) in [5, 5.41) is 4.17. The third-order valence-electron chi connectivity index (χ3n) is 4.86. The number of aromatic nitrogens is 3.